The molecule has 0 aromatic rings. The number of ether oxygens (including phenoxy) is 1. The van der Waals surface area contributed by atoms with Gasteiger partial charge in [-0.2, -0.15) is 13.2 Å². The van der Waals surface area contributed by atoms with E-state index in [1.807, 2.05) is 0 Å². The molecule has 1 N–H and O–H groups in total. The van der Waals surface area contributed by atoms with Crippen molar-refractivity contribution in [3.05, 3.63) is 0 Å². The summed E-state index contributed by atoms with van der Waals surface area (Å²) in [4.78, 5) is 0. The van der Waals surface area contributed by atoms with Crippen molar-refractivity contribution in [1.29, 1.82) is 0 Å². The van der Waals surface area contributed by atoms with Crippen LogP contribution in [0.25, 0.3) is 0 Å². The van der Waals surface area contributed by atoms with Crippen molar-refractivity contribution in [2.45, 2.75) is 77.0 Å². The van der Waals surface area contributed by atoms with E-state index in [4.69, 9.17) is 0 Å². The van der Waals surface area contributed by atoms with Crippen molar-refractivity contribution in [2.24, 2.45) is 0 Å². The molecule has 1 unspecified atom stereocenters. The molecule has 0 aromatic carbocycles. The first kappa shape index (κ1) is 18.7. The van der Waals surface area contributed by atoms with Crippen molar-refractivity contribution < 1.29 is 23.0 Å². The highest BCUT2D eigenvalue weighted by atomic mass is 19.4. The topological polar surface area (TPSA) is 29.5 Å². The SMILES string of the molecule is CCCCCCCCCCC(O)COCC(F)(F)F. The number of aliphatic hydroxyl groups excluding tert-OH is 1. The van der Waals surface area contributed by atoms with Crippen LogP contribution in [0.3, 0.4) is 0 Å². The molecule has 0 amide bonds. The van der Waals surface area contributed by atoms with Gasteiger partial charge in [-0.1, -0.05) is 58.3 Å². The molecule has 0 saturated heterocycles. The van der Waals surface area contributed by atoms with Gasteiger partial charge in [-0.3, -0.25) is 0 Å². The molecule has 0 aliphatic carbocycles. The average molecular weight is 284 g/mol. The molecule has 0 radical (unpaired) electrons. The average Bonchev–Trinajstić information content (AvgIpc) is 2.31. The highest BCUT2D eigenvalue weighted by molar-refractivity contribution is 4.56. The first-order valence-corrected chi connectivity index (χ1v) is 7.28. The number of halogens is 3. The lowest BCUT2D eigenvalue weighted by molar-refractivity contribution is -0.179. The standard InChI is InChI=1S/C14H27F3O2/c1-2-3-4-5-6-7-8-9-10-13(18)11-19-12-14(15,16)17/h13,18H,2-12H2,1H3. The molecule has 0 fully saturated rings. The highest BCUT2D eigenvalue weighted by Gasteiger charge is 2.27. The van der Waals surface area contributed by atoms with E-state index in [0.29, 0.717) is 6.42 Å². The Morgan fingerprint density at radius 3 is 2.00 bits per heavy atom. The zero-order chi connectivity index (χ0) is 14.6. The lowest BCUT2D eigenvalue weighted by Gasteiger charge is -2.12. The molecule has 116 valence electrons. The van der Waals surface area contributed by atoms with E-state index in [0.717, 1.165) is 19.3 Å². The van der Waals surface area contributed by atoms with E-state index in [9.17, 15) is 18.3 Å². The molecule has 0 rings (SSSR count). The molecule has 19 heavy (non-hydrogen) atoms. The smallest absolute Gasteiger partial charge is 0.391 e. The molecule has 1 atom stereocenters. The normalized spacial score (nSPS) is 13.7. The quantitative estimate of drug-likeness (QED) is 0.536. The van der Waals surface area contributed by atoms with E-state index in [-0.39, 0.29) is 6.61 Å². The van der Waals surface area contributed by atoms with Gasteiger partial charge in [0.15, 0.2) is 0 Å². The van der Waals surface area contributed by atoms with Crippen LogP contribution < -0.4 is 0 Å². The van der Waals surface area contributed by atoms with E-state index < -0.39 is 18.9 Å². The van der Waals surface area contributed by atoms with Gasteiger partial charge in [-0.15, -0.1) is 0 Å². The second-order valence-electron chi connectivity index (χ2n) is 5.05. The van der Waals surface area contributed by atoms with Crippen molar-refractivity contribution in [3.8, 4) is 0 Å². The summed E-state index contributed by atoms with van der Waals surface area (Å²) in [5, 5.41) is 9.43. The first-order chi connectivity index (χ1) is 8.95. The first-order valence-electron chi connectivity index (χ1n) is 7.28. The number of aliphatic hydroxyl groups is 1. The Kier molecular flexibility index (Phi) is 11.4. The summed E-state index contributed by atoms with van der Waals surface area (Å²) in [6.45, 7) is 0.680. The van der Waals surface area contributed by atoms with E-state index in [2.05, 4.69) is 11.7 Å². The minimum atomic E-state index is -4.31. The third kappa shape index (κ3) is 15.7. The summed E-state index contributed by atoms with van der Waals surface area (Å²) in [5.74, 6) is 0. The van der Waals surface area contributed by atoms with Gasteiger partial charge in [0.1, 0.15) is 6.61 Å². The number of hydrogen-bond acceptors (Lipinski definition) is 2. The van der Waals surface area contributed by atoms with Crippen molar-refractivity contribution in [3.63, 3.8) is 0 Å². The minimum absolute atomic E-state index is 0.226. The van der Waals surface area contributed by atoms with Gasteiger partial charge >= 0.3 is 6.18 Å². The molecule has 0 spiro atoms. The van der Waals surface area contributed by atoms with E-state index in [1.54, 1.807) is 0 Å². The van der Waals surface area contributed by atoms with Gasteiger partial charge < -0.3 is 9.84 Å². The van der Waals surface area contributed by atoms with Crippen LogP contribution in [0.15, 0.2) is 0 Å². The summed E-state index contributed by atoms with van der Waals surface area (Å²) >= 11 is 0. The predicted octanol–water partition coefficient (Wildman–Crippen LogP) is 4.46. The molecule has 0 saturated carbocycles. The Morgan fingerprint density at radius 1 is 0.947 bits per heavy atom. The monoisotopic (exact) mass is 284 g/mol. The maximum absolute atomic E-state index is 11.8. The number of alkyl halides is 3. The van der Waals surface area contributed by atoms with Crippen LogP contribution in [-0.4, -0.2) is 30.6 Å². The Morgan fingerprint density at radius 2 is 1.47 bits per heavy atom. The van der Waals surface area contributed by atoms with Crippen LogP contribution in [0.2, 0.25) is 0 Å². The predicted molar refractivity (Wildman–Crippen MR) is 70.1 cm³/mol. The minimum Gasteiger partial charge on any atom is -0.391 e. The molecule has 2 nitrogen and oxygen atoms in total. The molecular weight excluding hydrogens is 257 g/mol. The summed E-state index contributed by atoms with van der Waals surface area (Å²) in [5.41, 5.74) is 0. The molecule has 0 heterocycles. The number of unbranched alkanes of at least 4 members (excludes halogenated alkanes) is 7. The highest BCUT2D eigenvalue weighted by Crippen LogP contribution is 2.15. The van der Waals surface area contributed by atoms with Crippen LogP contribution in [0.5, 0.6) is 0 Å². The molecule has 5 heteroatoms. The van der Waals surface area contributed by atoms with Crippen LogP contribution >= 0.6 is 0 Å². The van der Waals surface area contributed by atoms with Gasteiger partial charge in [-0.25, -0.2) is 0 Å². The van der Waals surface area contributed by atoms with Gasteiger partial charge in [0.05, 0.1) is 12.7 Å². The largest absolute Gasteiger partial charge is 0.411 e. The Bertz CT molecular complexity index is 196. The third-order valence-electron chi connectivity index (χ3n) is 2.97. The zero-order valence-electron chi connectivity index (χ0n) is 11.8. The number of rotatable bonds is 12. The van der Waals surface area contributed by atoms with Crippen LogP contribution in [0.4, 0.5) is 13.2 Å². The molecule has 0 aliphatic rings. The van der Waals surface area contributed by atoms with Gasteiger partial charge in [-0.05, 0) is 6.42 Å². The van der Waals surface area contributed by atoms with Gasteiger partial charge in [0, 0.05) is 0 Å². The molecule has 0 aromatic heterocycles. The van der Waals surface area contributed by atoms with Crippen LogP contribution in [0.1, 0.15) is 64.7 Å². The zero-order valence-corrected chi connectivity index (χ0v) is 11.8. The van der Waals surface area contributed by atoms with Crippen molar-refractivity contribution in [1.82, 2.24) is 0 Å². The molecular formula is C14H27F3O2. The summed E-state index contributed by atoms with van der Waals surface area (Å²) < 4.78 is 39.7. The molecule has 0 bridgehead atoms. The fourth-order valence-electron chi connectivity index (χ4n) is 1.91. The summed E-state index contributed by atoms with van der Waals surface area (Å²) in [6, 6.07) is 0. The molecule has 0 aliphatic heterocycles. The van der Waals surface area contributed by atoms with Crippen LogP contribution in [0, 0.1) is 0 Å². The van der Waals surface area contributed by atoms with Crippen LogP contribution in [-0.2, 0) is 4.74 Å². The van der Waals surface area contributed by atoms with Crippen molar-refractivity contribution in [2.75, 3.05) is 13.2 Å². The fourth-order valence-corrected chi connectivity index (χ4v) is 1.91. The van der Waals surface area contributed by atoms with Crippen molar-refractivity contribution >= 4 is 0 Å². The van der Waals surface area contributed by atoms with E-state index in [1.165, 1.54) is 32.1 Å². The Balaban J connectivity index is 3.23. The Labute approximate surface area is 114 Å². The van der Waals surface area contributed by atoms with E-state index >= 15 is 0 Å². The fraction of sp³-hybridized carbons (Fsp3) is 1.00. The Hall–Kier alpha value is -0.290. The maximum atomic E-state index is 11.8. The second kappa shape index (κ2) is 11.5. The summed E-state index contributed by atoms with van der Waals surface area (Å²) in [7, 11) is 0. The maximum Gasteiger partial charge on any atom is 0.411 e. The lowest BCUT2D eigenvalue weighted by atomic mass is 10.1. The lowest BCUT2D eigenvalue weighted by Crippen LogP contribution is -2.22. The number of hydrogen-bond donors (Lipinski definition) is 1. The van der Waals surface area contributed by atoms with Gasteiger partial charge in [0.2, 0.25) is 0 Å². The third-order valence-corrected chi connectivity index (χ3v) is 2.97. The van der Waals surface area contributed by atoms with Gasteiger partial charge in [0.25, 0.3) is 0 Å². The summed E-state index contributed by atoms with van der Waals surface area (Å²) in [6.07, 6.45) is 4.73. The second-order valence-corrected chi connectivity index (χ2v) is 5.05.